The van der Waals surface area contributed by atoms with E-state index in [2.05, 4.69) is 5.32 Å². The first-order chi connectivity index (χ1) is 6.37. The van der Waals surface area contributed by atoms with Gasteiger partial charge in [-0.3, -0.25) is 9.59 Å². The third-order valence-corrected chi connectivity index (χ3v) is 1.94. The molecule has 0 aromatic rings. The van der Waals surface area contributed by atoms with Crippen molar-refractivity contribution in [1.82, 2.24) is 5.32 Å². The highest BCUT2D eigenvalue weighted by atomic mass is 16.6. The number of hydrogen-bond acceptors (Lipinski definition) is 3. The topological polar surface area (TPSA) is 55.4 Å². The number of carbonyl (C=O) groups is 2. The maximum absolute atomic E-state index is 11.4. The van der Waals surface area contributed by atoms with Crippen LogP contribution in [0.4, 0.5) is 0 Å². The van der Waals surface area contributed by atoms with Crippen LogP contribution < -0.4 is 5.32 Å². The Morgan fingerprint density at radius 2 is 2.21 bits per heavy atom. The molecule has 1 fully saturated rings. The maximum Gasteiger partial charge on any atom is 0.306 e. The molecular weight excluding hydrogens is 182 g/mol. The zero-order chi connectivity index (χ0) is 10.8. The van der Waals surface area contributed by atoms with Gasteiger partial charge >= 0.3 is 5.97 Å². The molecule has 0 bridgehead atoms. The molecule has 80 valence electrons. The van der Waals surface area contributed by atoms with E-state index in [-0.39, 0.29) is 17.8 Å². The van der Waals surface area contributed by atoms with E-state index >= 15 is 0 Å². The van der Waals surface area contributed by atoms with Gasteiger partial charge in [0.25, 0.3) is 0 Å². The molecule has 0 spiro atoms. The van der Waals surface area contributed by atoms with Crippen LogP contribution >= 0.6 is 0 Å². The molecule has 1 heterocycles. The summed E-state index contributed by atoms with van der Waals surface area (Å²) < 4.78 is 5.16. The van der Waals surface area contributed by atoms with Gasteiger partial charge in [0.2, 0.25) is 5.91 Å². The van der Waals surface area contributed by atoms with E-state index in [0.717, 1.165) is 0 Å². The first-order valence-corrected chi connectivity index (χ1v) is 4.85. The first-order valence-electron chi connectivity index (χ1n) is 4.85. The number of carbonyl (C=O) groups excluding carboxylic acids is 2. The largest absolute Gasteiger partial charge is 0.460 e. The van der Waals surface area contributed by atoms with Gasteiger partial charge in [-0.1, -0.05) is 0 Å². The Bertz CT molecular complexity index is 242. The molecule has 0 aromatic carbocycles. The molecular formula is C10H17NO3. The molecule has 0 radical (unpaired) electrons. The van der Waals surface area contributed by atoms with E-state index in [9.17, 15) is 9.59 Å². The summed E-state index contributed by atoms with van der Waals surface area (Å²) in [5.74, 6) is -0.0880. The fourth-order valence-corrected chi connectivity index (χ4v) is 1.43. The van der Waals surface area contributed by atoms with E-state index < -0.39 is 5.60 Å². The Labute approximate surface area is 84.0 Å². The van der Waals surface area contributed by atoms with E-state index in [4.69, 9.17) is 4.74 Å². The monoisotopic (exact) mass is 199 g/mol. The predicted molar refractivity (Wildman–Crippen MR) is 51.6 cm³/mol. The zero-order valence-corrected chi connectivity index (χ0v) is 8.92. The van der Waals surface area contributed by atoms with Crippen LogP contribution in [-0.2, 0) is 14.3 Å². The van der Waals surface area contributed by atoms with Crippen molar-refractivity contribution in [2.45, 2.75) is 39.2 Å². The summed E-state index contributed by atoms with van der Waals surface area (Å²) in [6, 6.07) is 0. The minimum atomic E-state index is -0.437. The van der Waals surface area contributed by atoms with Gasteiger partial charge in [-0.15, -0.1) is 0 Å². The van der Waals surface area contributed by atoms with Crippen molar-refractivity contribution in [1.29, 1.82) is 0 Å². The minimum absolute atomic E-state index is 0.0264. The number of esters is 1. The molecule has 0 aliphatic carbocycles. The lowest BCUT2D eigenvalue weighted by Gasteiger charge is -2.20. The van der Waals surface area contributed by atoms with Gasteiger partial charge in [0, 0.05) is 13.0 Å². The molecule has 1 N–H and O–H groups in total. The summed E-state index contributed by atoms with van der Waals surface area (Å²) in [5, 5.41) is 2.69. The maximum atomic E-state index is 11.4. The highest BCUT2D eigenvalue weighted by Crippen LogP contribution is 2.16. The third kappa shape index (κ3) is 3.77. The number of rotatable bonds is 2. The fraction of sp³-hybridized carbons (Fsp3) is 0.800. The van der Waals surface area contributed by atoms with E-state index in [1.807, 2.05) is 20.8 Å². The van der Waals surface area contributed by atoms with Crippen molar-refractivity contribution < 1.29 is 14.3 Å². The Kier molecular flexibility index (Phi) is 3.13. The highest BCUT2D eigenvalue weighted by molar-refractivity contribution is 5.80. The van der Waals surface area contributed by atoms with Crippen LogP contribution in [0.25, 0.3) is 0 Å². The van der Waals surface area contributed by atoms with E-state index in [0.29, 0.717) is 19.4 Å². The highest BCUT2D eigenvalue weighted by Gasteiger charge is 2.26. The number of amides is 1. The van der Waals surface area contributed by atoms with Crippen LogP contribution in [0.5, 0.6) is 0 Å². The van der Waals surface area contributed by atoms with E-state index in [1.54, 1.807) is 0 Å². The summed E-state index contributed by atoms with van der Waals surface area (Å²) in [6.45, 7) is 6.10. The lowest BCUT2D eigenvalue weighted by molar-refractivity contribution is -0.155. The number of ether oxygens (including phenoxy) is 1. The van der Waals surface area contributed by atoms with Crippen molar-refractivity contribution in [3.8, 4) is 0 Å². The van der Waals surface area contributed by atoms with Gasteiger partial charge in [-0.05, 0) is 26.7 Å². The van der Waals surface area contributed by atoms with Gasteiger partial charge in [-0.2, -0.15) is 0 Å². The van der Waals surface area contributed by atoms with Gasteiger partial charge in [-0.25, -0.2) is 0 Å². The Morgan fingerprint density at radius 1 is 1.57 bits per heavy atom. The summed E-state index contributed by atoms with van der Waals surface area (Å²) in [7, 11) is 0. The minimum Gasteiger partial charge on any atom is -0.460 e. The standard InChI is InChI=1S/C10H17NO3/c1-10(2,3)14-9(13)5-7-4-8(12)11-6-7/h7H,4-6H2,1-3H3,(H,11,12)/t7-/m1/s1. The normalized spacial score (nSPS) is 21.9. The van der Waals surface area contributed by atoms with Gasteiger partial charge < -0.3 is 10.1 Å². The number of hydrogen-bond donors (Lipinski definition) is 1. The average Bonchev–Trinajstić information content (AvgIpc) is 2.30. The van der Waals surface area contributed by atoms with Gasteiger partial charge in [0.15, 0.2) is 0 Å². The van der Waals surface area contributed by atoms with Crippen molar-refractivity contribution in [3.63, 3.8) is 0 Å². The van der Waals surface area contributed by atoms with Crippen LogP contribution in [0.3, 0.4) is 0 Å². The molecule has 4 heteroatoms. The quantitative estimate of drug-likeness (QED) is 0.671. The molecule has 14 heavy (non-hydrogen) atoms. The lowest BCUT2D eigenvalue weighted by atomic mass is 10.0. The molecule has 1 amide bonds. The molecule has 0 unspecified atom stereocenters. The molecule has 0 aromatic heterocycles. The Balaban J connectivity index is 2.31. The molecule has 1 atom stereocenters. The van der Waals surface area contributed by atoms with Crippen molar-refractivity contribution in [3.05, 3.63) is 0 Å². The van der Waals surface area contributed by atoms with Crippen LogP contribution in [0.15, 0.2) is 0 Å². The smallest absolute Gasteiger partial charge is 0.306 e. The SMILES string of the molecule is CC(C)(C)OC(=O)C[C@@H]1CNC(=O)C1. The van der Waals surface area contributed by atoms with Crippen LogP contribution in [0.2, 0.25) is 0 Å². The number of nitrogens with one attached hydrogen (secondary N) is 1. The second-order valence-electron chi connectivity index (χ2n) is 4.66. The first kappa shape index (κ1) is 11.0. The molecule has 1 rings (SSSR count). The summed E-state index contributed by atoms with van der Waals surface area (Å²) in [6.07, 6.45) is 0.773. The zero-order valence-electron chi connectivity index (χ0n) is 8.92. The third-order valence-electron chi connectivity index (χ3n) is 1.94. The summed E-state index contributed by atoms with van der Waals surface area (Å²) in [4.78, 5) is 22.2. The van der Waals surface area contributed by atoms with Gasteiger partial charge in [0.05, 0.1) is 6.42 Å². The predicted octanol–water partition coefficient (Wildman–Crippen LogP) is 0.854. The van der Waals surface area contributed by atoms with Crippen molar-refractivity contribution in [2.24, 2.45) is 5.92 Å². The molecule has 0 saturated carbocycles. The van der Waals surface area contributed by atoms with Crippen LogP contribution in [0.1, 0.15) is 33.6 Å². The molecule has 1 saturated heterocycles. The van der Waals surface area contributed by atoms with Crippen molar-refractivity contribution in [2.75, 3.05) is 6.54 Å². The average molecular weight is 199 g/mol. The van der Waals surface area contributed by atoms with Crippen LogP contribution in [0, 0.1) is 5.92 Å². The van der Waals surface area contributed by atoms with Crippen LogP contribution in [-0.4, -0.2) is 24.0 Å². The Morgan fingerprint density at radius 3 is 2.64 bits per heavy atom. The summed E-state index contributed by atoms with van der Waals surface area (Å²) >= 11 is 0. The lowest BCUT2D eigenvalue weighted by Crippen LogP contribution is -2.25. The second kappa shape index (κ2) is 3.98. The second-order valence-corrected chi connectivity index (χ2v) is 4.66. The van der Waals surface area contributed by atoms with E-state index in [1.165, 1.54) is 0 Å². The summed E-state index contributed by atoms with van der Waals surface area (Å²) in [5.41, 5.74) is -0.437. The molecule has 1 aliphatic heterocycles. The van der Waals surface area contributed by atoms with Crippen molar-refractivity contribution >= 4 is 11.9 Å². The van der Waals surface area contributed by atoms with Gasteiger partial charge in [0.1, 0.15) is 5.60 Å². The molecule has 1 aliphatic rings. The molecule has 4 nitrogen and oxygen atoms in total. The Hall–Kier alpha value is -1.06. The fourth-order valence-electron chi connectivity index (χ4n) is 1.43.